The molecule has 0 atom stereocenters. The Bertz CT molecular complexity index is 433. The number of hydrogen-bond acceptors (Lipinski definition) is 3. The number of benzene rings is 1. The van der Waals surface area contributed by atoms with E-state index in [0.717, 1.165) is 45.0 Å². The second kappa shape index (κ2) is 9.25. The summed E-state index contributed by atoms with van der Waals surface area (Å²) in [6, 6.07) is 8.30. The van der Waals surface area contributed by atoms with Crippen molar-refractivity contribution in [1.29, 1.82) is 0 Å². The molecular formula is C15H24N3OS2+. The molecule has 3 N–H and O–H groups in total. The van der Waals surface area contributed by atoms with E-state index in [9.17, 15) is 0 Å². The van der Waals surface area contributed by atoms with E-state index < -0.39 is 0 Å². The van der Waals surface area contributed by atoms with Crippen LogP contribution in [0.25, 0.3) is 0 Å². The lowest BCUT2D eigenvalue weighted by Gasteiger charge is -2.23. The Labute approximate surface area is 136 Å². The molecule has 6 heteroatoms. The maximum atomic E-state index is 5.36. The maximum Gasteiger partial charge on any atom is 0.170 e. The largest absolute Gasteiger partial charge is 0.370 e. The molecule has 1 aliphatic heterocycles. The van der Waals surface area contributed by atoms with Crippen LogP contribution in [0.2, 0.25) is 0 Å². The number of morpholine rings is 1. The minimum absolute atomic E-state index is 0.698. The Hall–Kier alpha value is -0.820. The zero-order chi connectivity index (χ0) is 14.9. The van der Waals surface area contributed by atoms with Gasteiger partial charge in [-0.05, 0) is 42.7 Å². The zero-order valence-corrected chi connectivity index (χ0v) is 14.1. The average molecular weight is 327 g/mol. The van der Waals surface area contributed by atoms with Crippen LogP contribution in [-0.2, 0) is 4.74 Å². The summed E-state index contributed by atoms with van der Waals surface area (Å²) in [5.41, 5.74) is 1.03. The topological polar surface area (TPSA) is 37.7 Å². The average Bonchev–Trinajstić information content (AvgIpc) is 2.53. The second-order valence-electron chi connectivity index (χ2n) is 5.08. The Morgan fingerprint density at radius 2 is 2.00 bits per heavy atom. The lowest BCUT2D eigenvalue weighted by molar-refractivity contribution is -0.908. The molecule has 1 aromatic rings. The van der Waals surface area contributed by atoms with Crippen molar-refractivity contribution >= 4 is 34.8 Å². The van der Waals surface area contributed by atoms with Crippen LogP contribution >= 0.6 is 24.0 Å². The third-order valence-electron chi connectivity index (χ3n) is 3.54. The van der Waals surface area contributed by atoms with Crippen LogP contribution in [0.1, 0.15) is 6.42 Å². The van der Waals surface area contributed by atoms with Gasteiger partial charge in [-0.3, -0.25) is 0 Å². The molecule has 1 aromatic carbocycles. The maximum absolute atomic E-state index is 5.36. The van der Waals surface area contributed by atoms with Crippen LogP contribution < -0.4 is 15.5 Å². The second-order valence-corrected chi connectivity index (χ2v) is 6.36. The molecule has 0 saturated carbocycles. The molecule has 0 radical (unpaired) electrons. The highest BCUT2D eigenvalue weighted by Crippen LogP contribution is 2.17. The van der Waals surface area contributed by atoms with E-state index in [1.54, 1.807) is 16.7 Å². The van der Waals surface area contributed by atoms with Gasteiger partial charge >= 0.3 is 0 Å². The molecule has 0 unspecified atom stereocenters. The predicted molar refractivity (Wildman–Crippen MR) is 93.4 cm³/mol. The Kier molecular flexibility index (Phi) is 7.29. The Balaban J connectivity index is 1.60. The van der Waals surface area contributed by atoms with Gasteiger partial charge in [0, 0.05) is 23.5 Å². The van der Waals surface area contributed by atoms with Gasteiger partial charge in [-0.25, -0.2) is 0 Å². The summed E-state index contributed by atoms with van der Waals surface area (Å²) in [6.45, 7) is 6.15. The first-order valence-electron chi connectivity index (χ1n) is 7.38. The van der Waals surface area contributed by atoms with E-state index in [0.29, 0.717) is 5.11 Å². The minimum Gasteiger partial charge on any atom is -0.370 e. The molecule has 116 valence electrons. The fraction of sp³-hybridized carbons (Fsp3) is 0.533. The van der Waals surface area contributed by atoms with Gasteiger partial charge in [0.25, 0.3) is 0 Å². The third-order valence-corrected chi connectivity index (χ3v) is 4.53. The number of nitrogens with one attached hydrogen (secondary N) is 3. The summed E-state index contributed by atoms with van der Waals surface area (Å²) in [5.74, 6) is 0. The molecule has 0 spiro atoms. The Morgan fingerprint density at radius 1 is 1.29 bits per heavy atom. The third kappa shape index (κ3) is 6.22. The molecule has 0 aliphatic carbocycles. The summed E-state index contributed by atoms with van der Waals surface area (Å²) >= 11 is 7.05. The van der Waals surface area contributed by atoms with E-state index in [4.69, 9.17) is 17.0 Å². The lowest BCUT2D eigenvalue weighted by Crippen LogP contribution is -3.14. The zero-order valence-electron chi connectivity index (χ0n) is 12.5. The molecule has 2 rings (SSSR count). The Morgan fingerprint density at radius 3 is 2.67 bits per heavy atom. The van der Waals surface area contributed by atoms with Crippen LogP contribution in [-0.4, -0.2) is 50.8 Å². The molecule has 1 saturated heterocycles. The summed E-state index contributed by atoms with van der Waals surface area (Å²) < 4.78 is 5.36. The van der Waals surface area contributed by atoms with Crippen molar-refractivity contribution < 1.29 is 9.64 Å². The van der Waals surface area contributed by atoms with E-state index in [-0.39, 0.29) is 0 Å². The van der Waals surface area contributed by atoms with Crippen LogP contribution in [0.5, 0.6) is 0 Å². The summed E-state index contributed by atoms with van der Waals surface area (Å²) in [5, 5.41) is 7.18. The monoisotopic (exact) mass is 326 g/mol. The molecule has 1 fully saturated rings. The number of anilines is 1. The van der Waals surface area contributed by atoms with Crippen molar-refractivity contribution in [3.8, 4) is 0 Å². The van der Waals surface area contributed by atoms with Crippen molar-refractivity contribution in [2.24, 2.45) is 0 Å². The summed E-state index contributed by atoms with van der Waals surface area (Å²) in [4.78, 5) is 2.89. The first-order valence-corrected chi connectivity index (χ1v) is 9.01. The van der Waals surface area contributed by atoms with Crippen LogP contribution in [0.4, 0.5) is 5.69 Å². The van der Waals surface area contributed by atoms with Crippen molar-refractivity contribution in [2.45, 2.75) is 11.3 Å². The fourth-order valence-electron chi connectivity index (χ4n) is 2.30. The number of thiocarbonyl (C=S) groups is 1. The highest BCUT2D eigenvalue weighted by Gasteiger charge is 2.12. The highest BCUT2D eigenvalue weighted by atomic mass is 32.2. The number of quaternary nitrogens is 1. The molecule has 0 amide bonds. The van der Waals surface area contributed by atoms with Crippen molar-refractivity contribution in [3.05, 3.63) is 24.3 Å². The first-order chi connectivity index (χ1) is 10.3. The number of thioether (sulfide) groups is 1. The van der Waals surface area contributed by atoms with Crippen LogP contribution in [0, 0.1) is 0 Å². The normalized spacial score (nSPS) is 15.7. The quantitative estimate of drug-likeness (QED) is 0.413. The van der Waals surface area contributed by atoms with Crippen LogP contribution in [0.3, 0.4) is 0 Å². The van der Waals surface area contributed by atoms with E-state index in [2.05, 4.69) is 41.2 Å². The predicted octanol–water partition coefficient (Wildman–Crippen LogP) is 1.00. The van der Waals surface area contributed by atoms with Crippen molar-refractivity contribution in [1.82, 2.24) is 5.32 Å². The van der Waals surface area contributed by atoms with E-state index in [1.807, 2.05) is 0 Å². The number of hydrogen-bond donors (Lipinski definition) is 3. The van der Waals surface area contributed by atoms with Crippen molar-refractivity contribution in [3.63, 3.8) is 0 Å². The molecule has 0 aromatic heterocycles. The van der Waals surface area contributed by atoms with Gasteiger partial charge in [0.1, 0.15) is 13.1 Å². The number of rotatable bonds is 6. The van der Waals surface area contributed by atoms with Gasteiger partial charge in [0.2, 0.25) is 0 Å². The van der Waals surface area contributed by atoms with Gasteiger partial charge in [0.05, 0.1) is 19.8 Å². The van der Waals surface area contributed by atoms with Gasteiger partial charge < -0.3 is 20.3 Å². The van der Waals surface area contributed by atoms with Gasteiger partial charge in [0.15, 0.2) is 5.11 Å². The molecule has 21 heavy (non-hydrogen) atoms. The van der Waals surface area contributed by atoms with E-state index in [1.165, 1.54) is 11.4 Å². The lowest BCUT2D eigenvalue weighted by atomic mass is 10.3. The summed E-state index contributed by atoms with van der Waals surface area (Å²) in [7, 11) is 0. The molecular weight excluding hydrogens is 302 g/mol. The van der Waals surface area contributed by atoms with Crippen LogP contribution in [0.15, 0.2) is 29.2 Å². The van der Waals surface area contributed by atoms with Gasteiger partial charge in [-0.1, -0.05) is 0 Å². The van der Waals surface area contributed by atoms with Gasteiger partial charge in [-0.2, -0.15) is 0 Å². The minimum atomic E-state index is 0.698. The fourth-order valence-corrected chi connectivity index (χ4v) is 2.93. The molecule has 4 nitrogen and oxygen atoms in total. The van der Waals surface area contributed by atoms with E-state index >= 15 is 0 Å². The standard InChI is InChI=1S/C15H23N3OS2/c1-21-14-5-3-13(4-6-14)17-15(20)16-7-2-8-18-9-11-19-12-10-18/h3-6H,2,7-12H2,1H3,(H2,16,17,20)/p+1. The van der Waals surface area contributed by atoms with Gasteiger partial charge in [-0.15, -0.1) is 11.8 Å². The smallest absolute Gasteiger partial charge is 0.170 e. The summed E-state index contributed by atoms with van der Waals surface area (Å²) in [6.07, 6.45) is 3.20. The molecule has 0 bridgehead atoms. The number of ether oxygens (including phenoxy) is 1. The molecule has 1 aliphatic rings. The SMILES string of the molecule is CSc1ccc(NC(=S)NCCC[NH+]2CCOCC2)cc1. The van der Waals surface area contributed by atoms with Crippen molar-refractivity contribution in [2.75, 3.05) is 51.0 Å². The highest BCUT2D eigenvalue weighted by molar-refractivity contribution is 7.98. The molecule has 1 heterocycles. The first kappa shape index (κ1) is 16.5.